The molecule has 1 unspecified atom stereocenters. The van der Waals surface area contributed by atoms with Crippen LogP contribution in [0.3, 0.4) is 0 Å². The van der Waals surface area contributed by atoms with Gasteiger partial charge in [-0.15, -0.1) is 0 Å². The molecule has 0 saturated heterocycles. The van der Waals surface area contributed by atoms with E-state index < -0.39 is 22.6 Å². The highest BCUT2D eigenvalue weighted by atomic mass is 32.2. The van der Waals surface area contributed by atoms with Gasteiger partial charge in [0, 0.05) is 25.9 Å². The fourth-order valence-corrected chi connectivity index (χ4v) is 2.73. The van der Waals surface area contributed by atoms with Gasteiger partial charge in [0.1, 0.15) is 15.6 Å². The van der Waals surface area contributed by atoms with Gasteiger partial charge in [-0.05, 0) is 31.0 Å². The molecule has 26 heavy (non-hydrogen) atoms. The highest BCUT2D eigenvalue weighted by Crippen LogP contribution is 2.18. The lowest BCUT2D eigenvalue weighted by molar-refractivity contribution is -0.153. The quantitative estimate of drug-likeness (QED) is 0.521. The Morgan fingerprint density at radius 1 is 1.27 bits per heavy atom. The number of ether oxygens (including phenoxy) is 1. The van der Waals surface area contributed by atoms with Crippen LogP contribution < -0.4 is 15.4 Å². The second-order valence-corrected chi connectivity index (χ2v) is 8.20. The van der Waals surface area contributed by atoms with Crippen molar-refractivity contribution in [2.75, 3.05) is 25.7 Å². The molecule has 0 spiro atoms. The Bertz CT molecular complexity index is 689. The van der Waals surface area contributed by atoms with Gasteiger partial charge in [0.05, 0.1) is 5.75 Å². The molecule has 0 amide bonds. The summed E-state index contributed by atoms with van der Waals surface area (Å²) < 4.78 is 63.3. The van der Waals surface area contributed by atoms with Crippen molar-refractivity contribution in [1.82, 2.24) is 10.6 Å². The Morgan fingerprint density at radius 2 is 1.88 bits per heavy atom. The van der Waals surface area contributed by atoms with Crippen LogP contribution in [0.4, 0.5) is 13.2 Å². The third-order valence-electron chi connectivity index (χ3n) is 3.31. The number of aliphatic imine (C=N–C) groups is 1. The number of sulfone groups is 1. The van der Waals surface area contributed by atoms with Crippen LogP contribution >= 0.6 is 0 Å². The van der Waals surface area contributed by atoms with Gasteiger partial charge < -0.3 is 15.4 Å². The minimum absolute atomic E-state index is 0.0809. The molecular weight excluding hydrogens is 371 g/mol. The molecule has 0 saturated carbocycles. The van der Waals surface area contributed by atoms with E-state index in [0.717, 1.165) is 5.56 Å². The largest absolute Gasteiger partial charge is 0.484 e. The van der Waals surface area contributed by atoms with Crippen LogP contribution in [0.1, 0.15) is 18.9 Å². The van der Waals surface area contributed by atoms with Crippen LogP contribution in [0.15, 0.2) is 29.3 Å². The Hall–Kier alpha value is -1.97. The molecule has 0 aliphatic heterocycles. The molecule has 0 aromatic heterocycles. The molecule has 1 aromatic rings. The van der Waals surface area contributed by atoms with Crippen LogP contribution in [0.25, 0.3) is 0 Å². The van der Waals surface area contributed by atoms with Crippen molar-refractivity contribution in [1.29, 1.82) is 0 Å². The summed E-state index contributed by atoms with van der Waals surface area (Å²) in [6, 6.07) is 6.15. The van der Waals surface area contributed by atoms with E-state index in [0.29, 0.717) is 18.9 Å². The number of hydrogen-bond donors (Lipinski definition) is 2. The fraction of sp³-hybridized carbons (Fsp3) is 0.562. The summed E-state index contributed by atoms with van der Waals surface area (Å²) in [4.78, 5) is 4.06. The van der Waals surface area contributed by atoms with Gasteiger partial charge in [0.25, 0.3) is 0 Å². The average Bonchev–Trinajstić information content (AvgIpc) is 2.54. The average molecular weight is 395 g/mol. The van der Waals surface area contributed by atoms with Crippen molar-refractivity contribution in [2.45, 2.75) is 32.1 Å². The minimum Gasteiger partial charge on any atom is -0.484 e. The van der Waals surface area contributed by atoms with Crippen molar-refractivity contribution in [3.8, 4) is 5.75 Å². The van der Waals surface area contributed by atoms with E-state index in [9.17, 15) is 21.6 Å². The van der Waals surface area contributed by atoms with Gasteiger partial charge in [0.15, 0.2) is 12.6 Å². The summed E-state index contributed by atoms with van der Waals surface area (Å²) in [5.74, 6) is 0.726. The maximum atomic E-state index is 12.1. The Balaban J connectivity index is 2.46. The predicted molar refractivity (Wildman–Crippen MR) is 95.1 cm³/mol. The lowest BCUT2D eigenvalue weighted by Gasteiger charge is -2.17. The lowest BCUT2D eigenvalue weighted by Crippen LogP contribution is -2.42. The number of nitrogens with zero attached hydrogens (tertiary/aromatic N) is 1. The molecule has 0 fully saturated rings. The first-order valence-corrected chi connectivity index (χ1v) is 9.98. The van der Waals surface area contributed by atoms with Crippen LogP contribution in [0, 0.1) is 0 Å². The zero-order valence-electron chi connectivity index (χ0n) is 14.9. The summed E-state index contributed by atoms with van der Waals surface area (Å²) in [7, 11) is -1.43. The number of alkyl halides is 3. The number of guanidine groups is 1. The first-order valence-electron chi connectivity index (χ1n) is 7.92. The zero-order chi connectivity index (χ0) is 19.8. The summed E-state index contributed by atoms with van der Waals surface area (Å²) in [6.07, 6.45) is -2.73. The molecule has 0 heterocycles. The molecular formula is C16H24F3N3O3S. The summed E-state index contributed by atoms with van der Waals surface area (Å²) in [5, 5.41) is 6.14. The van der Waals surface area contributed by atoms with Gasteiger partial charge in [-0.2, -0.15) is 13.2 Å². The first kappa shape index (κ1) is 22.1. The number of nitrogens with one attached hydrogen (secondary N) is 2. The number of halogens is 3. The van der Waals surface area contributed by atoms with Crippen LogP contribution in [0.5, 0.6) is 5.75 Å². The van der Waals surface area contributed by atoms with Gasteiger partial charge in [-0.3, -0.25) is 4.99 Å². The molecule has 0 bridgehead atoms. The second-order valence-electron chi connectivity index (χ2n) is 5.94. The second kappa shape index (κ2) is 9.65. The van der Waals surface area contributed by atoms with Crippen molar-refractivity contribution < 1.29 is 26.3 Å². The highest BCUT2D eigenvalue weighted by Gasteiger charge is 2.28. The van der Waals surface area contributed by atoms with E-state index in [1.54, 1.807) is 19.2 Å². The van der Waals surface area contributed by atoms with E-state index in [2.05, 4.69) is 20.4 Å². The summed E-state index contributed by atoms with van der Waals surface area (Å²) in [6.45, 7) is 0.926. The van der Waals surface area contributed by atoms with Gasteiger partial charge in [0.2, 0.25) is 0 Å². The minimum atomic E-state index is -4.37. The molecule has 148 valence electrons. The number of hydrogen-bond acceptors (Lipinski definition) is 4. The Kier molecular flexibility index (Phi) is 8.19. The van der Waals surface area contributed by atoms with Gasteiger partial charge >= 0.3 is 6.18 Å². The third kappa shape index (κ3) is 10.1. The molecule has 0 aliphatic carbocycles. The number of rotatable bonds is 8. The van der Waals surface area contributed by atoms with Crippen LogP contribution in [-0.2, 0) is 16.4 Å². The smallest absolute Gasteiger partial charge is 0.422 e. The van der Waals surface area contributed by atoms with E-state index in [1.165, 1.54) is 18.4 Å². The van der Waals surface area contributed by atoms with Crippen LogP contribution in [0.2, 0.25) is 0 Å². The van der Waals surface area contributed by atoms with E-state index in [1.807, 2.05) is 6.92 Å². The maximum Gasteiger partial charge on any atom is 0.422 e. The highest BCUT2D eigenvalue weighted by molar-refractivity contribution is 7.90. The molecule has 2 N–H and O–H groups in total. The first-order chi connectivity index (χ1) is 12.0. The SMILES string of the molecule is CN=C(NCc1ccc(OCC(F)(F)F)cc1)NC(C)CCS(C)(=O)=O. The maximum absolute atomic E-state index is 12.1. The van der Waals surface area contributed by atoms with Crippen molar-refractivity contribution >= 4 is 15.8 Å². The van der Waals surface area contributed by atoms with Crippen molar-refractivity contribution in [3.63, 3.8) is 0 Å². The van der Waals surface area contributed by atoms with E-state index >= 15 is 0 Å². The molecule has 6 nitrogen and oxygen atoms in total. The lowest BCUT2D eigenvalue weighted by atomic mass is 10.2. The predicted octanol–water partition coefficient (Wildman–Crippen LogP) is 2.12. The monoisotopic (exact) mass is 395 g/mol. The molecule has 1 aromatic carbocycles. The van der Waals surface area contributed by atoms with E-state index in [4.69, 9.17) is 0 Å². The van der Waals surface area contributed by atoms with Gasteiger partial charge in [-0.25, -0.2) is 8.42 Å². The Labute approximate surface area is 151 Å². The van der Waals surface area contributed by atoms with Gasteiger partial charge in [-0.1, -0.05) is 12.1 Å². The van der Waals surface area contributed by atoms with Crippen molar-refractivity contribution in [3.05, 3.63) is 29.8 Å². The molecule has 1 atom stereocenters. The summed E-state index contributed by atoms with van der Waals surface area (Å²) >= 11 is 0. The molecule has 0 radical (unpaired) electrons. The van der Waals surface area contributed by atoms with Crippen molar-refractivity contribution in [2.24, 2.45) is 4.99 Å². The molecule has 1 rings (SSSR count). The summed E-state index contributed by atoms with van der Waals surface area (Å²) in [5.41, 5.74) is 0.830. The standard InChI is InChI=1S/C16H24F3N3O3S/c1-12(8-9-26(3,23)24)22-15(20-2)21-10-13-4-6-14(7-5-13)25-11-16(17,18)19/h4-7,12H,8-11H2,1-3H3,(H2,20,21,22). The van der Waals surface area contributed by atoms with E-state index in [-0.39, 0.29) is 17.5 Å². The molecule has 10 heteroatoms. The normalized spacial score (nSPS) is 14.0. The number of benzene rings is 1. The topological polar surface area (TPSA) is 79.8 Å². The van der Waals surface area contributed by atoms with Crippen LogP contribution in [-0.4, -0.2) is 52.3 Å². The fourth-order valence-electron chi connectivity index (χ4n) is 1.95. The zero-order valence-corrected chi connectivity index (χ0v) is 15.7. The Morgan fingerprint density at radius 3 is 2.38 bits per heavy atom. The third-order valence-corrected chi connectivity index (χ3v) is 4.29. The molecule has 0 aliphatic rings.